The number of rotatable bonds is 6. The molecule has 0 saturated carbocycles. The van der Waals surface area contributed by atoms with Crippen molar-refractivity contribution in [3.05, 3.63) is 64.7 Å². The van der Waals surface area contributed by atoms with E-state index < -0.39 is 17.7 Å². The molecular formula is C31H30ClN5O4S. The fraction of sp³-hybridized carbons (Fsp3) is 0.290. The van der Waals surface area contributed by atoms with E-state index in [0.29, 0.717) is 29.5 Å². The van der Waals surface area contributed by atoms with Gasteiger partial charge in [-0.2, -0.15) is 5.10 Å². The van der Waals surface area contributed by atoms with Gasteiger partial charge in [0.05, 0.1) is 21.3 Å². The van der Waals surface area contributed by atoms with Crippen molar-refractivity contribution in [2.75, 3.05) is 18.0 Å². The van der Waals surface area contributed by atoms with Gasteiger partial charge in [0.2, 0.25) is 0 Å². The number of thiazole rings is 1. The van der Waals surface area contributed by atoms with Gasteiger partial charge in [-0.15, -0.1) is 11.3 Å². The SMILES string of the molecule is Cc1cc2nc(-c3ccc4c(c3)c(N3CCNC3=O)nn4C)sc2c(-c2ccc(Cl)cc2)c1C(OC(C)(C)C)C(=O)O. The third kappa shape index (κ3) is 4.99. The van der Waals surface area contributed by atoms with Gasteiger partial charge in [-0.25, -0.2) is 14.6 Å². The molecule has 2 N–H and O–H groups in total. The van der Waals surface area contributed by atoms with Crippen LogP contribution in [0.5, 0.6) is 0 Å². The van der Waals surface area contributed by atoms with Crippen LogP contribution in [0.15, 0.2) is 48.5 Å². The topological polar surface area (TPSA) is 110 Å². The van der Waals surface area contributed by atoms with Crippen LogP contribution in [0.2, 0.25) is 5.02 Å². The van der Waals surface area contributed by atoms with Crippen molar-refractivity contribution in [3.8, 4) is 21.7 Å². The first-order chi connectivity index (χ1) is 19.9. The molecule has 216 valence electrons. The number of nitrogens with one attached hydrogen (secondary N) is 1. The Kier molecular flexibility index (Phi) is 6.95. The molecule has 0 aliphatic carbocycles. The number of carbonyl (C=O) groups excluding carboxylic acids is 1. The number of hydrogen-bond donors (Lipinski definition) is 2. The van der Waals surface area contributed by atoms with E-state index in [0.717, 1.165) is 48.4 Å². The first-order valence-electron chi connectivity index (χ1n) is 13.5. The highest BCUT2D eigenvalue weighted by molar-refractivity contribution is 7.22. The number of fused-ring (bicyclic) bond motifs is 2. The maximum absolute atomic E-state index is 12.6. The molecule has 1 unspecified atom stereocenters. The number of aliphatic carboxylic acids is 1. The molecule has 0 radical (unpaired) electrons. The predicted octanol–water partition coefficient (Wildman–Crippen LogP) is 6.95. The maximum atomic E-state index is 12.6. The Morgan fingerprint density at radius 1 is 1.14 bits per heavy atom. The normalized spacial score (nSPS) is 14.6. The molecule has 1 fully saturated rings. The molecule has 3 heterocycles. The van der Waals surface area contributed by atoms with Crippen LogP contribution in [0.4, 0.5) is 10.6 Å². The molecule has 0 spiro atoms. The average molecular weight is 604 g/mol. The second-order valence-corrected chi connectivity index (χ2v) is 12.8. The number of nitrogens with zero attached hydrogens (tertiary/aromatic N) is 4. The highest BCUT2D eigenvalue weighted by atomic mass is 35.5. The number of hydrogen-bond acceptors (Lipinski definition) is 6. The fourth-order valence-electron chi connectivity index (χ4n) is 5.42. The summed E-state index contributed by atoms with van der Waals surface area (Å²) in [4.78, 5) is 31.7. The van der Waals surface area contributed by atoms with Crippen LogP contribution >= 0.6 is 22.9 Å². The van der Waals surface area contributed by atoms with Gasteiger partial charge < -0.3 is 15.2 Å². The van der Waals surface area contributed by atoms with Crippen LogP contribution in [0.1, 0.15) is 38.0 Å². The fourth-order valence-corrected chi connectivity index (χ4v) is 6.66. The van der Waals surface area contributed by atoms with Gasteiger partial charge in [0.1, 0.15) is 5.01 Å². The van der Waals surface area contributed by atoms with Crippen LogP contribution in [-0.2, 0) is 16.6 Å². The Morgan fingerprint density at radius 3 is 2.50 bits per heavy atom. The lowest BCUT2D eigenvalue weighted by Gasteiger charge is -2.28. The lowest BCUT2D eigenvalue weighted by atomic mass is 9.91. The van der Waals surface area contributed by atoms with Gasteiger partial charge >= 0.3 is 12.0 Å². The zero-order valence-corrected chi connectivity index (χ0v) is 25.4. The Morgan fingerprint density at radius 2 is 1.86 bits per heavy atom. The van der Waals surface area contributed by atoms with Gasteiger partial charge in [0, 0.05) is 47.2 Å². The molecule has 9 nitrogen and oxygen atoms in total. The minimum absolute atomic E-state index is 0.165. The van der Waals surface area contributed by atoms with E-state index in [2.05, 4.69) is 10.4 Å². The molecule has 6 rings (SSSR count). The molecule has 0 bridgehead atoms. The molecule has 3 aromatic carbocycles. The summed E-state index contributed by atoms with van der Waals surface area (Å²) in [6.45, 7) is 8.54. The molecule has 11 heteroatoms. The summed E-state index contributed by atoms with van der Waals surface area (Å²) < 4.78 is 8.75. The van der Waals surface area contributed by atoms with Crippen molar-refractivity contribution in [2.45, 2.75) is 39.4 Å². The van der Waals surface area contributed by atoms with Crippen LogP contribution < -0.4 is 10.2 Å². The Bertz CT molecular complexity index is 1870. The van der Waals surface area contributed by atoms with E-state index in [1.807, 2.05) is 71.1 Å². The second-order valence-electron chi connectivity index (χ2n) is 11.4. The summed E-state index contributed by atoms with van der Waals surface area (Å²) in [6.07, 6.45) is -1.19. The highest BCUT2D eigenvalue weighted by Crippen LogP contribution is 2.45. The molecule has 1 aliphatic rings. The van der Waals surface area contributed by atoms with Crippen LogP contribution in [-0.4, -0.2) is 50.6 Å². The van der Waals surface area contributed by atoms with E-state index in [9.17, 15) is 14.7 Å². The van der Waals surface area contributed by atoms with Crippen molar-refractivity contribution in [2.24, 2.45) is 7.05 Å². The second kappa shape index (κ2) is 10.4. The first kappa shape index (κ1) is 28.1. The lowest BCUT2D eigenvalue weighted by Crippen LogP contribution is -2.28. The summed E-state index contributed by atoms with van der Waals surface area (Å²) in [5.74, 6) is -0.457. The summed E-state index contributed by atoms with van der Waals surface area (Å²) in [5, 5.41) is 20.0. The standard InChI is InChI=1S/C31H30ClN5O4S/c1-16-14-21-26(24(17-6-9-19(32)10-7-17)23(16)25(29(38)39)41-31(2,3)4)42-28(34-21)18-8-11-22-20(15-18)27(35-36(22)5)37-13-12-33-30(37)40/h6-11,14-15,25H,12-13H2,1-5H3,(H,33,40)(H,38,39). The number of aromatic nitrogens is 3. The number of urea groups is 1. The van der Waals surface area contributed by atoms with Crippen molar-refractivity contribution in [1.82, 2.24) is 20.1 Å². The number of carboxylic acids is 1. The minimum Gasteiger partial charge on any atom is -0.479 e. The predicted molar refractivity (Wildman–Crippen MR) is 166 cm³/mol. The number of halogens is 1. The number of amides is 2. The number of carbonyl (C=O) groups is 2. The monoisotopic (exact) mass is 603 g/mol. The zero-order chi connectivity index (χ0) is 29.9. The molecule has 5 aromatic rings. The maximum Gasteiger partial charge on any atom is 0.337 e. The van der Waals surface area contributed by atoms with Crippen molar-refractivity contribution in [1.29, 1.82) is 0 Å². The summed E-state index contributed by atoms with van der Waals surface area (Å²) in [6, 6.07) is 15.1. The van der Waals surface area contributed by atoms with E-state index in [4.69, 9.17) is 21.3 Å². The minimum atomic E-state index is -1.19. The van der Waals surface area contributed by atoms with Gasteiger partial charge in [-0.1, -0.05) is 23.7 Å². The number of anilines is 1. The van der Waals surface area contributed by atoms with E-state index in [1.54, 1.807) is 21.7 Å². The third-order valence-electron chi connectivity index (χ3n) is 7.21. The quantitative estimate of drug-likeness (QED) is 0.217. The highest BCUT2D eigenvalue weighted by Gasteiger charge is 2.32. The lowest BCUT2D eigenvalue weighted by molar-refractivity contribution is -0.160. The largest absolute Gasteiger partial charge is 0.479 e. The van der Waals surface area contributed by atoms with E-state index >= 15 is 0 Å². The molecule has 1 saturated heterocycles. The third-order valence-corrected chi connectivity index (χ3v) is 8.60. The zero-order valence-electron chi connectivity index (χ0n) is 23.9. The molecule has 1 atom stereocenters. The van der Waals surface area contributed by atoms with Gasteiger partial charge in [-0.3, -0.25) is 9.58 Å². The molecular weight excluding hydrogens is 574 g/mol. The van der Waals surface area contributed by atoms with Crippen LogP contribution in [0.3, 0.4) is 0 Å². The number of benzene rings is 3. The van der Waals surface area contributed by atoms with Crippen LogP contribution in [0, 0.1) is 6.92 Å². The summed E-state index contributed by atoms with van der Waals surface area (Å²) in [5.41, 5.74) is 4.79. The van der Waals surface area contributed by atoms with Gasteiger partial charge in [0.25, 0.3) is 0 Å². The smallest absolute Gasteiger partial charge is 0.337 e. The van der Waals surface area contributed by atoms with Gasteiger partial charge in [-0.05, 0) is 75.2 Å². The first-order valence-corrected chi connectivity index (χ1v) is 14.7. The Hall–Kier alpha value is -3.99. The van der Waals surface area contributed by atoms with Crippen molar-refractivity contribution >= 4 is 61.9 Å². The van der Waals surface area contributed by atoms with Crippen molar-refractivity contribution in [3.63, 3.8) is 0 Å². The van der Waals surface area contributed by atoms with Crippen molar-refractivity contribution < 1.29 is 19.4 Å². The number of ether oxygens (including phenoxy) is 1. The summed E-state index contributed by atoms with van der Waals surface area (Å²) >= 11 is 7.71. The molecule has 1 aliphatic heterocycles. The molecule has 42 heavy (non-hydrogen) atoms. The number of aryl methyl sites for hydroxylation is 2. The average Bonchev–Trinajstić information content (AvgIpc) is 3.63. The van der Waals surface area contributed by atoms with Crippen LogP contribution in [0.25, 0.3) is 42.8 Å². The molecule has 2 amide bonds. The molecule has 2 aromatic heterocycles. The van der Waals surface area contributed by atoms with E-state index in [-0.39, 0.29) is 6.03 Å². The summed E-state index contributed by atoms with van der Waals surface area (Å²) in [7, 11) is 1.86. The Labute approximate surface area is 251 Å². The Balaban J connectivity index is 1.57. The van der Waals surface area contributed by atoms with Gasteiger partial charge in [0.15, 0.2) is 11.9 Å². The number of carboxylic acid groups (broad SMARTS) is 1. The van der Waals surface area contributed by atoms with E-state index in [1.165, 1.54) is 11.3 Å².